The van der Waals surface area contributed by atoms with Crippen LogP contribution >= 0.6 is 0 Å². The van der Waals surface area contributed by atoms with Crippen molar-refractivity contribution < 1.29 is 4.79 Å². The fraction of sp³-hybridized carbons (Fsp3) is 0.692. The topological polar surface area (TPSA) is 64.3 Å². The number of nitrogens with one attached hydrogen (secondary N) is 2. The fourth-order valence-electron chi connectivity index (χ4n) is 2.53. The predicted molar refractivity (Wildman–Crippen MR) is 73.7 cm³/mol. The van der Waals surface area contributed by atoms with E-state index in [0.29, 0.717) is 6.54 Å². The Morgan fingerprint density at radius 1 is 1.47 bits per heavy atom. The Balaban J connectivity index is 1.82. The summed E-state index contributed by atoms with van der Waals surface area (Å²) in [6.45, 7) is 1.26. The Kier molecular flexibility index (Phi) is 4.09. The first-order valence-electron chi connectivity index (χ1n) is 6.68. The molecule has 0 atom stereocenters. The molecular formula is C13H23N5O. The van der Waals surface area contributed by atoms with Crippen LogP contribution in [0.5, 0.6) is 0 Å². The number of hydrogen-bond acceptors (Lipinski definition) is 3. The number of likely N-dealkylation sites (N-methyl/N-ethyl adjacent to an activating group) is 2. The van der Waals surface area contributed by atoms with Crippen molar-refractivity contribution in [2.75, 3.05) is 27.7 Å². The molecule has 1 aromatic rings. The van der Waals surface area contributed by atoms with Gasteiger partial charge in [0.05, 0.1) is 12.2 Å². The molecule has 6 nitrogen and oxygen atoms in total. The highest BCUT2D eigenvalue weighted by Crippen LogP contribution is 2.36. The van der Waals surface area contributed by atoms with Crippen LogP contribution in [-0.2, 0) is 6.54 Å². The van der Waals surface area contributed by atoms with E-state index in [0.717, 1.165) is 25.1 Å². The zero-order valence-electron chi connectivity index (χ0n) is 11.9. The Hall–Kier alpha value is -1.56. The van der Waals surface area contributed by atoms with E-state index in [-0.39, 0.29) is 11.6 Å². The summed E-state index contributed by atoms with van der Waals surface area (Å²) in [5.74, 6) is 0. The van der Waals surface area contributed by atoms with Crippen LogP contribution in [0.25, 0.3) is 0 Å². The van der Waals surface area contributed by atoms with Crippen LogP contribution in [0.4, 0.5) is 4.79 Å². The average Bonchev–Trinajstić information content (AvgIpc) is 2.82. The highest BCUT2D eigenvalue weighted by molar-refractivity contribution is 5.73. The molecule has 1 fully saturated rings. The second kappa shape index (κ2) is 5.61. The minimum atomic E-state index is -0.0391. The lowest BCUT2D eigenvalue weighted by atomic mass is 9.75. The standard InChI is InChI=1S/C13H23N5O/c1-17(2)13(6-4-7-13)10-18(3)12(19)14-9-11-5-8-15-16-11/h5,8H,4,6-7,9-10H2,1-3H3,(H,14,19)(H,15,16). The molecule has 0 aromatic carbocycles. The molecule has 19 heavy (non-hydrogen) atoms. The summed E-state index contributed by atoms with van der Waals surface area (Å²) in [5.41, 5.74) is 1.08. The van der Waals surface area contributed by atoms with Gasteiger partial charge in [-0.25, -0.2) is 4.79 Å². The van der Waals surface area contributed by atoms with E-state index in [4.69, 9.17) is 0 Å². The number of hydrogen-bond donors (Lipinski definition) is 2. The number of aromatic nitrogens is 2. The van der Waals surface area contributed by atoms with Crippen LogP contribution in [0.3, 0.4) is 0 Å². The molecule has 1 aliphatic rings. The van der Waals surface area contributed by atoms with Crippen molar-refractivity contribution in [3.63, 3.8) is 0 Å². The molecule has 0 spiro atoms. The van der Waals surface area contributed by atoms with Gasteiger partial charge in [0.25, 0.3) is 0 Å². The molecule has 0 saturated heterocycles. The van der Waals surface area contributed by atoms with Gasteiger partial charge in [0.15, 0.2) is 0 Å². The second-order valence-electron chi connectivity index (χ2n) is 5.57. The lowest BCUT2D eigenvalue weighted by molar-refractivity contribution is 0.0363. The zero-order chi connectivity index (χ0) is 13.9. The molecule has 6 heteroatoms. The Labute approximate surface area is 114 Å². The van der Waals surface area contributed by atoms with E-state index in [2.05, 4.69) is 34.5 Å². The van der Waals surface area contributed by atoms with Crippen LogP contribution in [0.2, 0.25) is 0 Å². The van der Waals surface area contributed by atoms with Crippen LogP contribution in [0.15, 0.2) is 12.3 Å². The van der Waals surface area contributed by atoms with Gasteiger partial charge in [-0.05, 0) is 39.4 Å². The van der Waals surface area contributed by atoms with Gasteiger partial charge in [0, 0.05) is 25.3 Å². The predicted octanol–water partition coefficient (Wildman–Crippen LogP) is 1.04. The summed E-state index contributed by atoms with van der Waals surface area (Å²) in [6.07, 6.45) is 5.26. The van der Waals surface area contributed by atoms with E-state index in [9.17, 15) is 4.79 Å². The maximum atomic E-state index is 12.0. The van der Waals surface area contributed by atoms with Crippen molar-refractivity contribution in [2.45, 2.75) is 31.3 Å². The van der Waals surface area contributed by atoms with E-state index < -0.39 is 0 Å². The second-order valence-corrected chi connectivity index (χ2v) is 5.57. The number of aromatic amines is 1. The highest BCUT2D eigenvalue weighted by atomic mass is 16.2. The summed E-state index contributed by atoms with van der Waals surface area (Å²) >= 11 is 0. The molecule has 2 rings (SSSR count). The van der Waals surface area contributed by atoms with Crippen molar-refractivity contribution in [2.24, 2.45) is 0 Å². The molecule has 0 bridgehead atoms. The Morgan fingerprint density at radius 2 is 2.21 bits per heavy atom. The third kappa shape index (κ3) is 3.07. The van der Waals surface area contributed by atoms with Gasteiger partial charge in [-0.2, -0.15) is 5.10 Å². The minimum Gasteiger partial charge on any atom is -0.332 e. The molecule has 106 valence electrons. The summed E-state index contributed by atoms with van der Waals surface area (Å²) in [6, 6.07) is 1.82. The molecular weight excluding hydrogens is 242 g/mol. The molecule has 1 heterocycles. The average molecular weight is 265 g/mol. The van der Waals surface area contributed by atoms with Gasteiger partial charge < -0.3 is 15.1 Å². The minimum absolute atomic E-state index is 0.0391. The number of urea groups is 1. The van der Waals surface area contributed by atoms with Crippen LogP contribution in [0.1, 0.15) is 25.0 Å². The first-order chi connectivity index (χ1) is 9.03. The van der Waals surface area contributed by atoms with Gasteiger partial charge in [-0.1, -0.05) is 0 Å². The molecule has 1 aromatic heterocycles. The van der Waals surface area contributed by atoms with Crippen molar-refractivity contribution in [1.29, 1.82) is 0 Å². The van der Waals surface area contributed by atoms with Gasteiger partial charge in [0.2, 0.25) is 0 Å². The van der Waals surface area contributed by atoms with Crippen molar-refractivity contribution in [3.8, 4) is 0 Å². The third-order valence-electron chi connectivity index (χ3n) is 4.10. The van der Waals surface area contributed by atoms with Crippen LogP contribution in [0, 0.1) is 0 Å². The third-order valence-corrected chi connectivity index (χ3v) is 4.10. The van der Waals surface area contributed by atoms with Gasteiger partial charge >= 0.3 is 6.03 Å². The number of carbonyl (C=O) groups is 1. The Bertz CT molecular complexity index is 411. The maximum absolute atomic E-state index is 12.0. The van der Waals surface area contributed by atoms with Crippen molar-refractivity contribution >= 4 is 6.03 Å². The first kappa shape index (κ1) is 13.9. The van der Waals surface area contributed by atoms with Crippen LogP contribution < -0.4 is 5.32 Å². The zero-order valence-corrected chi connectivity index (χ0v) is 11.9. The highest BCUT2D eigenvalue weighted by Gasteiger charge is 2.40. The number of nitrogens with zero attached hydrogens (tertiary/aromatic N) is 3. The first-order valence-corrected chi connectivity index (χ1v) is 6.68. The van der Waals surface area contributed by atoms with Crippen molar-refractivity contribution in [3.05, 3.63) is 18.0 Å². The molecule has 0 radical (unpaired) electrons. The smallest absolute Gasteiger partial charge is 0.317 e. The summed E-state index contributed by atoms with van der Waals surface area (Å²) < 4.78 is 0. The van der Waals surface area contributed by atoms with E-state index >= 15 is 0 Å². The SMILES string of the molecule is CN(CC1(N(C)C)CCC1)C(=O)NCc1ccn[nH]1. The maximum Gasteiger partial charge on any atom is 0.317 e. The van der Waals surface area contributed by atoms with E-state index in [1.54, 1.807) is 11.1 Å². The fourth-order valence-corrected chi connectivity index (χ4v) is 2.53. The van der Waals surface area contributed by atoms with Gasteiger partial charge in [0.1, 0.15) is 0 Å². The molecule has 2 amide bonds. The van der Waals surface area contributed by atoms with Crippen molar-refractivity contribution in [1.82, 2.24) is 25.3 Å². The molecule has 2 N–H and O–H groups in total. The summed E-state index contributed by atoms with van der Waals surface area (Å²) in [7, 11) is 6.04. The number of carbonyl (C=O) groups excluding carboxylic acids is 1. The quantitative estimate of drug-likeness (QED) is 0.836. The molecule has 1 aliphatic carbocycles. The van der Waals surface area contributed by atoms with Gasteiger partial charge in [-0.3, -0.25) is 5.10 Å². The van der Waals surface area contributed by atoms with Gasteiger partial charge in [-0.15, -0.1) is 0 Å². The Morgan fingerprint density at radius 3 is 2.68 bits per heavy atom. The van der Waals surface area contributed by atoms with E-state index in [1.165, 1.54) is 6.42 Å². The summed E-state index contributed by atoms with van der Waals surface area (Å²) in [4.78, 5) is 16.1. The monoisotopic (exact) mass is 265 g/mol. The van der Waals surface area contributed by atoms with Crippen LogP contribution in [-0.4, -0.2) is 59.3 Å². The largest absolute Gasteiger partial charge is 0.332 e. The number of rotatable bonds is 5. The lowest BCUT2D eigenvalue weighted by Crippen LogP contribution is -2.58. The lowest BCUT2D eigenvalue weighted by Gasteiger charge is -2.49. The summed E-state index contributed by atoms with van der Waals surface area (Å²) in [5, 5.41) is 9.57. The normalized spacial score (nSPS) is 17.1. The van der Waals surface area contributed by atoms with E-state index in [1.807, 2.05) is 13.1 Å². The molecule has 0 aliphatic heterocycles. The molecule has 0 unspecified atom stereocenters. The number of H-pyrrole nitrogens is 1. The molecule has 1 saturated carbocycles. The number of amides is 2.